The number of aromatic nitrogens is 2. The summed E-state index contributed by atoms with van der Waals surface area (Å²) in [7, 11) is 1.71. The molecule has 16 heavy (non-hydrogen) atoms. The van der Waals surface area contributed by atoms with Gasteiger partial charge in [-0.1, -0.05) is 5.16 Å². The van der Waals surface area contributed by atoms with Gasteiger partial charge in [0.15, 0.2) is 5.82 Å². The normalized spacial score (nSPS) is 11.5. The lowest BCUT2D eigenvalue weighted by atomic mass is 10.3. The summed E-state index contributed by atoms with van der Waals surface area (Å²) in [5, 5.41) is 15.3. The van der Waals surface area contributed by atoms with Gasteiger partial charge in [-0.05, 0) is 7.05 Å². The summed E-state index contributed by atoms with van der Waals surface area (Å²) >= 11 is 0. The number of rotatable bonds is 4. The van der Waals surface area contributed by atoms with Gasteiger partial charge in [0, 0.05) is 6.92 Å². The van der Waals surface area contributed by atoms with Crippen LogP contribution in [0.25, 0.3) is 0 Å². The maximum Gasteiger partial charge on any atom is 0.240 e. The number of nitrogens with two attached hydrogens (primary N) is 2. The second kappa shape index (κ2) is 7.74. The highest BCUT2D eigenvalue weighted by molar-refractivity contribution is 5.70. The molecule has 1 unspecified atom stereocenters. The molecule has 0 spiro atoms. The van der Waals surface area contributed by atoms with Gasteiger partial charge < -0.3 is 26.4 Å². The number of primary amides is 1. The number of hydrogen-bond donors (Lipinski definition) is 4. The highest BCUT2D eigenvalue weighted by Gasteiger charge is 2.14. The van der Waals surface area contributed by atoms with Crippen molar-refractivity contribution in [2.75, 3.05) is 13.7 Å². The van der Waals surface area contributed by atoms with E-state index in [0.29, 0.717) is 11.7 Å². The van der Waals surface area contributed by atoms with Crippen molar-refractivity contribution < 1.29 is 14.4 Å². The number of amides is 1. The van der Waals surface area contributed by atoms with Gasteiger partial charge in [0.2, 0.25) is 11.8 Å². The van der Waals surface area contributed by atoms with E-state index < -0.39 is 0 Å². The first-order chi connectivity index (χ1) is 7.54. The van der Waals surface area contributed by atoms with Crippen LogP contribution in [-0.4, -0.2) is 34.8 Å². The number of aliphatic hydroxyl groups excluding tert-OH is 1. The molecule has 0 aliphatic heterocycles. The summed E-state index contributed by atoms with van der Waals surface area (Å²) in [6.07, 6.45) is 0. The van der Waals surface area contributed by atoms with Crippen LogP contribution in [0.15, 0.2) is 4.52 Å². The first kappa shape index (κ1) is 14.5. The largest absolute Gasteiger partial charge is 0.394 e. The molecule has 92 valence electrons. The van der Waals surface area contributed by atoms with E-state index in [1.54, 1.807) is 7.05 Å². The molecule has 0 saturated carbocycles. The molecule has 8 nitrogen and oxygen atoms in total. The summed E-state index contributed by atoms with van der Waals surface area (Å²) in [5.74, 6) is 0.471. The zero-order chi connectivity index (χ0) is 12.6. The fourth-order valence-electron chi connectivity index (χ4n) is 0.795. The zero-order valence-electron chi connectivity index (χ0n) is 9.30. The number of hydrogen-bond acceptors (Lipinski definition) is 7. The van der Waals surface area contributed by atoms with Crippen LogP contribution >= 0.6 is 0 Å². The summed E-state index contributed by atoms with van der Waals surface area (Å²) in [5.41, 5.74) is 9.74. The molecule has 0 fully saturated rings. The monoisotopic (exact) mass is 231 g/mol. The van der Waals surface area contributed by atoms with Gasteiger partial charge in [-0.15, -0.1) is 0 Å². The highest BCUT2D eigenvalue weighted by atomic mass is 16.5. The van der Waals surface area contributed by atoms with Crippen molar-refractivity contribution in [1.82, 2.24) is 15.5 Å². The molecule has 0 aromatic carbocycles. The molecule has 8 heteroatoms. The van der Waals surface area contributed by atoms with Gasteiger partial charge >= 0.3 is 0 Å². The molecule has 1 aromatic heterocycles. The maximum absolute atomic E-state index is 9.22. The molecule has 1 rings (SSSR count). The van der Waals surface area contributed by atoms with E-state index in [1.807, 2.05) is 0 Å². The molecule has 0 aliphatic rings. The predicted octanol–water partition coefficient (Wildman–Crippen LogP) is -1.73. The van der Waals surface area contributed by atoms with Crippen molar-refractivity contribution in [2.24, 2.45) is 11.5 Å². The summed E-state index contributed by atoms with van der Waals surface area (Å²) in [6, 6.07) is -0.283. The van der Waals surface area contributed by atoms with Crippen LogP contribution in [0.5, 0.6) is 0 Å². The van der Waals surface area contributed by atoms with Crippen LogP contribution in [0.3, 0.4) is 0 Å². The molecule has 0 aliphatic carbocycles. The second-order valence-electron chi connectivity index (χ2n) is 2.88. The quantitative estimate of drug-likeness (QED) is 0.482. The Kier molecular flexibility index (Phi) is 7.01. The lowest BCUT2D eigenvalue weighted by Gasteiger charge is -2.05. The third-order valence-electron chi connectivity index (χ3n) is 1.50. The smallest absolute Gasteiger partial charge is 0.240 e. The molecular formula is C8H17N5O3. The Morgan fingerprint density at radius 3 is 2.56 bits per heavy atom. The maximum atomic E-state index is 9.22. The second-order valence-corrected chi connectivity index (χ2v) is 2.88. The van der Waals surface area contributed by atoms with Crippen LogP contribution in [-0.2, 0) is 11.3 Å². The summed E-state index contributed by atoms with van der Waals surface area (Å²) < 4.78 is 4.76. The minimum Gasteiger partial charge on any atom is -0.394 e. The van der Waals surface area contributed by atoms with Crippen molar-refractivity contribution in [1.29, 1.82) is 0 Å². The average molecular weight is 231 g/mol. The SMILES string of the molecule is CC(N)=O.CNC(CO)c1noc(CN)n1. The van der Waals surface area contributed by atoms with E-state index in [0.717, 1.165) is 0 Å². The van der Waals surface area contributed by atoms with Crippen molar-refractivity contribution in [3.8, 4) is 0 Å². The molecule has 0 radical (unpaired) electrons. The summed E-state index contributed by atoms with van der Waals surface area (Å²) in [6.45, 7) is 1.45. The Bertz CT molecular complexity index is 306. The Morgan fingerprint density at radius 1 is 1.69 bits per heavy atom. The van der Waals surface area contributed by atoms with E-state index >= 15 is 0 Å². The Balaban J connectivity index is 0.000000487. The number of nitrogens with one attached hydrogen (secondary N) is 1. The standard InChI is InChI=1S/C6H12N4O2.C2H5NO/c1-8-4(3-11)6-9-5(2-7)12-10-6;1-2(3)4/h4,8,11H,2-3,7H2,1H3;1H3,(H2,3,4). The van der Waals surface area contributed by atoms with Crippen LogP contribution < -0.4 is 16.8 Å². The molecular weight excluding hydrogens is 214 g/mol. The van der Waals surface area contributed by atoms with E-state index in [9.17, 15) is 4.79 Å². The first-order valence-electron chi connectivity index (χ1n) is 4.61. The van der Waals surface area contributed by atoms with Gasteiger partial charge in [-0.3, -0.25) is 4.79 Å². The van der Waals surface area contributed by atoms with Crippen LogP contribution in [0.4, 0.5) is 0 Å². The topological polar surface area (TPSA) is 140 Å². The lowest BCUT2D eigenvalue weighted by Crippen LogP contribution is -2.21. The minimum absolute atomic E-state index is 0.0694. The third-order valence-corrected chi connectivity index (χ3v) is 1.50. The van der Waals surface area contributed by atoms with Crippen molar-refractivity contribution in [3.05, 3.63) is 11.7 Å². The Hall–Kier alpha value is -1.51. The molecule has 1 amide bonds. The van der Waals surface area contributed by atoms with Gasteiger partial charge in [-0.2, -0.15) is 4.98 Å². The number of carbonyl (C=O) groups is 1. The molecule has 0 bridgehead atoms. The van der Waals surface area contributed by atoms with Crippen LogP contribution in [0, 0.1) is 0 Å². The van der Waals surface area contributed by atoms with Gasteiger partial charge in [-0.25, -0.2) is 0 Å². The van der Waals surface area contributed by atoms with E-state index in [2.05, 4.69) is 21.2 Å². The highest BCUT2D eigenvalue weighted by Crippen LogP contribution is 2.06. The molecule has 1 aromatic rings. The van der Waals surface area contributed by atoms with E-state index in [-0.39, 0.29) is 25.1 Å². The van der Waals surface area contributed by atoms with Gasteiger partial charge in [0.25, 0.3) is 0 Å². The first-order valence-corrected chi connectivity index (χ1v) is 4.61. The Morgan fingerprint density at radius 2 is 2.25 bits per heavy atom. The van der Waals surface area contributed by atoms with Crippen LogP contribution in [0.1, 0.15) is 24.7 Å². The Labute approximate surface area is 93.0 Å². The molecule has 1 heterocycles. The number of carbonyl (C=O) groups excluding carboxylic acids is 1. The third kappa shape index (κ3) is 5.39. The van der Waals surface area contributed by atoms with Crippen molar-refractivity contribution in [3.63, 3.8) is 0 Å². The fraction of sp³-hybridized carbons (Fsp3) is 0.625. The molecule has 6 N–H and O–H groups in total. The van der Waals surface area contributed by atoms with E-state index in [1.165, 1.54) is 6.92 Å². The molecule has 0 saturated heterocycles. The molecule has 1 atom stereocenters. The number of nitrogens with zero attached hydrogens (tertiary/aromatic N) is 2. The van der Waals surface area contributed by atoms with Gasteiger partial charge in [0.05, 0.1) is 19.2 Å². The predicted molar refractivity (Wildman–Crippen MR) is 55.9 cm³/mol. The van der Waals surface area contributed by atoms with Crippen molar-refractivity contribution in [2.45, 2.75) is 19.5 Å². The average Bonchev–Trinajstić information content (AvgIpc) is 2.67. The zero-order valence-corrected chi connectivity index (χ0v) is 9.30. The van der Waals surface area contributed by atoms with Crippen molar-refractivity contribution >= 4 is 5.91 Å². The number of likely N-dealkylation sites (N-methyl/N-ethyl adjacent to an activating group) is 1. The number of aliphatic hydroxyl groups is 1. The van der Waals surface area contributed by atoms with Crippen LogP contribution in [0.2, 0.25) is 0 Å². The lowest BCUT2D eigenvalue weighted by molar-refractivity contribution is -0.115. The van der Waals surface area contributed by atoms with Gasteiger partial charge in [0.1, 0.15) is 0 Å². The minimum atomic E-state index is -0.333. The van der Waals surface area contributed by atoms with E-state index in [4.69, 9.17) is 15.4 Å². The summed E-state index contributed by atoms with van der Waals surface area (Å²) in [4.78, 5) is 13.2. The fourth-order valence-corrected chi connectivity index (χ4v) is 0.795.